The van der Waals surface area contributed by atoms with Crippen LogP contribution in [0.3, 0.4) is 0 Å². The Kier molecular flexibility index (Phi) is 3.91. The van der Waals surface area contributed by atoms with Gasteiger partial charge >= 0.3 is 8.46 Å². The molecule has 0 bridgehead atoms. The van der Waals surface area contributed by atoms with Crippen LogP contribution in [0.25, 0.3) is 0 Å². The summed E-state index contributed by atoms with van der Waals surface area (Å²) in [5, 5.41) is 0. The molecule has 0 saturated heterocycles. The molecule has 0 aliphatic rings. The fourth-order valence-electron chi connectivity index (χ4n) is 1.32. The minimum Gasteiger partial charge on any atom is -0.496 e. The van der Waals surface area contributed by atoms with Gasteiger partial charge in [0.05, 0.1) is 7.11 Å². The number of ether oxygens (including phenoxy) is 1. The van der Waals surface area contributed by atoms with E-state index in [-0.39, 0.29) is 14.1 Å². The molecule has 2 unspecified atom stereocenters. The maximum absolute atomic E-state index is 10.9. The number of hydrogen-bond acceptors (Lipinski definition) is 2. The van der Waals surface area contributed by atoms with E-state index in [4.69, 9.17) is 4.74 Å². The Bertz CT molecular complexity index is 286. The van der Waals surface area contributed by atoms with Crippen LogP contribution in [0.2, 0.25) is 0 Å². The summed E-state index contributed by atoms with van der Waals surface area (Å²) in [7, 11) is 1.33. The van der Waals surface area contributed by atoms with Gasteiger partial charge in [0.2, 0.25) is 0 Å². The Hall–Kier alpha value is -0.880. The fraction of sp³-hybridized carbons (Fsp3) is 0.400. The normalized spacial score (nSPS) is 12.8. The first-order valence-electron chi connectivity index (χ1n) is 4.34. The molecule has 70 valence electrons. The number of hydrogen-bond donors (Lipinski definition) is 0. The average molecular weight is 197 g/mol. The van der Waals surface area contributed by atoms with Crippen LogP contribution in [0, 0.1) is 0 Å². The fourth-order valence-corrected chi connectivity index (χ4v) is 1.85. The van der Waals surface area contributed by atoms with Crippen LogP contribution < -0.4 is 4.74 Å². The lowest BCUT2D eigenvalue weighted by atomic mass is 10.1. The maximum atomic E-state index is 10.9. The second kappa shape index (κ2) is 4.98. The van der Waals surface area contributed by atoms with Crippen LogP contribution in [0.5, 0.6) is 5.75 Å². The van der Waals surface area contributed by atoms with Crippen LogP contribution >= 0.6 is 8.46 Å². The molecular formula is C10H14O2P+. The van der Waals surface area contributed by atoms with E-state index < -0.39 is 0 Å². The lowest BCUT2D eigenvalue weighted by Crippen LogP contribution is -1.93. The van der Waals surface area contributed by atoms with Crippen molar-refractivity contribution in [2.45, 2.75) is 19.0 Å². The van der Waals surface area contributed by atoms with E-state index in [9.17, 15) is 4.57 Å². The molecule has 0 spiro atoms. The van der Waals surface area contributed by atoms with Crippen molar-refractivity contribution in [3.63, 3.8) is 0 Å². The molecule has 0 aliphatic heterocycles. The van der Waals surface area contributed by atoms with E-state index in [0.717, 1.165) is 17.7 Å². The van der Waals surface area contributed by atoms with Crippen LogP contribution in [0.4, 0.5) is 0 Å². The van der Waals surface area contributed by atoms with Crippen molar-refractivity contribution < 1.29 is 9.30 Å². The highest BCUT2D eigenvalue weighted by atomic mass is 31.1. The Morgan fingerprint density at radius 2 is 2.15 bits per heavy atom. The number of methoxy groups -OCH3 is 1. The van der Waals surface area contributed by atoms with Gasteiger partial charge in [0, 0.05) is 5.56 Å². The van der Waals surface area contributed by atoms with Gasteiger partial charge in [-0.15, -0.1) is 0 Å². The summed E-state index contributed by atoms with van der Waals surface area (Å²) in [4.78, 5) is 0. The van der Waals surface area contributed by atoms with Crippen LogP contribution in [0.15, 0.2) is 24.3 Å². The summed E-state index contributed by atoms with van der Waals surface area (Å²) >= 11 is 0. The topological polar surface area (TPSA) is 26.3 Å². The van der Waals surface area contributed by atoms with Crippen molar-refractivity contribution in [3.05, 3.63) is 29.8 Å². The third-order valence-corrected chi connectivity index (χ3v) is 3.07. The van der Waals surface area contributed by atoms with E-state index in [1.54, 1.807) is 7.11 Å². The van der Waals surface area contributed by atoms with Gasteiger partial charge in [-0.3, -0.25) is 0 Å². The van der Waals surface area contributed by atoms with Crippen LogP contribution in [0.1, 0.15) is 24.6 Å². The second-order valence-corrected chi connectivity index (χ2v) is 3.75. The first-order valence-corrected chi connectivity index (χ1v) is 5.32. The lowest BCUT2D eigenvalue weighted by Gasteiger charge is -2.07. The number of rotatable bonds is 4. The Balaban J connectivity index is 3.03. The molecule has 0 fully saturated rings. The lowest BCUT2D eigenvalue weighted by molar-refractivity contribution is 0.408. The van der Waals surface area contributed by atoms with E-state index in [2.05, 4.69) is 0 Å². The van der Waals surface area contributed by atoms with Gasteiger partial charge in [-0.1, -0.05) is 29.7 Å². The van der Waals surface area contributed by atoms with Crippen LogP contribution in [-0.4, -0.2) is 7.11 Å². The van der Waals surface area contributed by atoms with Crippen molar-refractivity contribution in [3.8, 4) is 5.75 Å². The zero-order chi connectivity index (χ0) is 9.68. The zero-order valence-corrected chi connectivity index (χ0v) is 8.91. The van der Waals surface area contributed by atoms with E-state index in [1.165, 1.54) is 0 Å². The Labute approximate surface area is 80.1 Å². The smallest absolute Gasteiger partial charge is 0.332 e. The molecule has 13 heavy (non-hydrogen) atoms. The van der Waals surface area contributed by atoms with Crippen LogP contribution in [-0.2, 0) is 4.57 Å². The summed E-state index contributed by atoms with van der Waals surface area (Å²) < 4.78 is 16.1. The molecule has 2 nitrogen and oxygen atoms in total. The summed E-state index contributed by atoms with van der Waals surface area (Å²) in [6, 6.07) is 7.74. The predicted octanol–water partition coefficient (Wildman–Crippen LogP) is 3.17. The summed E-state index contributed by atoms with van der Waals surface area (Å²) in [5.74, 6) is 0.831. The molecule has 0 aliphatic carbocycles. The molecule has 0 radical (unpaired) electrons. The predicted molar refractivity (Wildman–Crippen MR) is 55.0 cm³/mol. The zero-order valence-electron chi connectivity index (χ0n) is 7.91. The molecule has 0 aromatic heterocycles. The van der Waals surface area contributed by atoms with Gasteiger partial charge in [0.15, 0.2) is 5.66 Å². The summed E-state index contributed by atoms with van der Waals surface area (Å²) in [6.45, 7) is 2.03. The molecule has 0 heterocycles. The van der Waals surface area contributed by atoms with Crippen molar-refractivity contribution in [1.29, 1.82) is 0 Å². The largest absolute Gasteiger partial charge is 0.496 e. The molecule has 1 aromatic rings. The van der Waals surface area contributed by atoms with E-state index >= 15 is 0 Å². The van der Waals surface area contributed by atoms with E-state index in [0.29, 0.717) is 0 Å². The highest BCUT2D eigenvalue weighted by molar-refractivity contribution is 7.24. The molecule has 0 saturated carbocycles. The molecule has 1 rings (SSSR count). The highest BCUT2D eigenvalue weighted by Gasteiger charge is 2.19. The van der Waals surface area contributed by atoms with E-state index in [1.807, 2.05) is 31.2 Å². The quantitative estimate of drug-likeness (QED) is 0.693. The van der Waals surface area contributed by atoms with Gasteiger partial charge in [0.1, 0.15) is 5.75 Å². The van der Waals surface area contributed by atoms with Gasteiger partial charge in [0.25, 0.3) is 0 Å². The monoisotopic (exact) mass is 197 g/mol. The molecule has 3 heteroatoms. The Morgan fingerprint density at radius 3 is 2.69 bits per heavy atom. The number of benzene rings is 1. The van der Waals surface area contributed by atoms with Gasteiger partial charge < -0.3 is 4.74 Å². The average Bonchev–Trinajstić information content (AvgIpc) is 2.20. The molecule has 0 amide bonds. The van der Waals surface area contributed by atoms with Crippen molar-refractivity contribution in [2.75, 3.05) is 7.11 Å². The SMILES string of the molecule is CCC([PH+]=O)c1ccccc1OC. The van der Waals surface area contributed by atoms with Gasteiger partial charge in [-0.2, -0.15) is 0 Å². The third kappa shape index (κ3) is 2.28. The number of para-hydroxylation sites is 1. The highest BCUT2D eigenvalue weighted by Crippen LogP contribution is 2.35. The van der Waals surface area contributed by atoms with Gasteiger partial charge in [-0.25, -0.2) is 0 Å². The summed E-state index contributed by atoms with van der Waals surface area (Å²) in [5.41, 5.74) is 1.15. The molecule has 0 N–H and O–H groups in total. The Morgan fingerprint density at radius 1 is 1.46 bits per heavy atom. The van der Waals surface area contributed by atoms with Crippen molar-refractivity contribution >= 4 is 8.46 Å². The second-order valence-electron chi connectivity index (χ2n) is 2.82. The first-order chi connectivity index (χ1) is 6.33. The van der Waals surface area contributed by atoms with Crippen molar-refractivity contribution in [1.82, 2.24) is 0 Å². The van der Waals surface area contributed by atoms with Gasteiger partial charge in [-0.05, 0) is 12.5 Å². The standard InChI is InChI=1S/C10H13O2P/c1-3-10(13-11)8-6-4-5-7-9(8)12-2/h4-7,10H,3H2,1-2H3/p+1. The third-order valence-electron chi connectivity index (χ3n) is 2.06. The molecule has 1 aromatic carbocycles. The first kappa shape index (κ1) is 10.2. The van der Waals surface area contributed by atoms with Crippen molar-refractivity contribution in [2.24, 2.45) is 0 Å². The molecule has 2 atom stereocenters. The minimum absolute atomic E-state index is 0.108. The minimum atomic E-state index is -0.304. The maximum Gasteiger partial charge on any atom is 0.332 e. The summed E-state index contributed by atoms with van der Waals surface area (Å²) in [6.07, 6.45) is 0.877. The molecular weight excluding hydrogens is 183 g/mol.